The number of hydrogen-bond donors (Lipinski definition) is 1. The third kappa shape index (κ3) is 3.88. The average Bonchev–Trinajstić information content (AvgIpc) is 3.13. The highest BCUT2D eigenvalue weighted by Crippen LogP contribution is 2.40. The molecule has 6 nitrogen and oxygen atoms in total. The van der Waals surface area contributed by atoms with Gasteiger partial charge in [-0.05, 0) is 31.2 Å². The van der Waals surface area contributed by atoms with Gasteiger partial charge in [-0.3, -0.25) is 4.79 Å². The first-order valence-corrected chi connectivity index (χ1v) is 9.08. The summed E-state index contributed by atoms with van der Waals surface area (Å²) in [6, 6.07) is 10.9. The predicted molar refractivity (Wildman–Crippen MR) is 106 cm³/mol. The van der Waals surface area contributed by atoms with Gasteiger partial charge in [0.1, 0.15) is 0 Å². The number of aryl methyl sites for hydroxylation is 1. The van der Waals surface area contributed by atoms with Crippen molar-refractivity contribution in [1.82, 2.24) is 4.98 Å². The molecule has 1 heterocycles. The van der Waals surface area contributed by atoms with Crippen LogP contribution in [-0.4, -0.2) is 32.2 Å². The number of nitrogens with one attached hydrogen (secondary N) is 1. The second-order valence-electron chi connectivity index (χ2n) is 5.67. The van der Waals surface area contributed by atoms with E-state index in [1.54, 1.807) is 23.5 Å². The molecule has 0 spiro atoms. The lowest BCUT2D eigenvalue weighted by Crippen LogP contribution is -2.14. The Labute approximate surface area is 161 Å². The summed E-state index contributed by atoms with van der Waals surface area (Å²) in [6.07, 6.45) is 0. The first-order chi connectivity index (χ1) is 13.1. The number of methoxy groups -OCH3 is 3. The molecule has 0 aliphatic rings. The molecule has 2 aromatic carbocycles. The van der Waals surface area contributed by atoms with Gasteiger partial charge in [0, 0.05) is 16.6 Å². The molecule has 0 saturated carbocycles. The molecular weight excluding hydrogens is 364 g/mol. The van der Waals surface area contributed by atoms with Gasteiger partial charge in [-0.15, -0.1) is 11.3 Å². The molecule has 0 bridgehead atoms. The van der Waals surface area contributed by atoms with Gasteiger partial charge in [0.05, 0.1) is 37.6 Å². The number of carbonyl (C=O) groups is 1. The van der Waals surface area contributed by atoms with Gasteiger partial charge >= 0.3 is 0 Å². The summed E-state index contributed by atoms with van der Waals surface area (Å²) >= 11 is 1.59. The first kappa shape index (κ1) is 18.7. The number of aromatic nitrogens is 1. The topological polar surface area (TPSA) is 69.7 Å². The van der Waals surface area contributed by atoms with Crippen molar-refractivity contribution < 1.29 is 19.0 Å². The van der Waals surface area contributed by atoms with Crippen LogP contribution in [0, 0.1) is 6.92 Å². The van der Waals surface area contributed by atoms with Crippen molar-refractivity contribution in [2.24, 2.45) is 0 Å². The van der Waals surface area contributed by atoms with E-state index >= 15 is 0 Å². The Morgan fingerprint density at radius 1 is 1.04 bits per heavy atom. The Morgan fingerprint density at radius 2 is 1.81 bits per heavy atom. The summed E-state index contributed by atoms with van der Waals surface area (Å²) < 4.78 is 16.0. The van der Waals surface area contributed by atoms with Crippen LogP contribution in [0.1, 0.15) is 15.4 Å². The van der Waals surface area contributed by atoms with Crippen molar-refractivity contribution in [1.29, 1.82) is 0 Å². The normalized spacial score (nSPS) is 10.4. The molecule has 0 unspecified atom stereocenters. The van der Waals surface area contributed by atoms with Gasteiger partial charge in [0.25, 0.3) is 5.91 Å². The van der Waals surface area contributed by atoms with Gasteiger partial charge < -0.3 is 19.5 Å². The summed E-state index contributed by atoms with van der Waals surface area (Å²) in [5, 5.41) is 5.89. The fourth-order valence-corrected chi connectivity index (χ4v) is 3.35. The second kappa shape index (κ2) is 8.09. The van der Waals surface area contributed by atoms with Crippen LogP contribution in [0.5, 0.6) is 17.2 Å². The lowest BCUT2D eigenvalue weighted by Gasteiger charge is -2.15. The number of ether oxygens (including phenoxy) is 3. The summed E-state index contributed by atoms with van der Waals surface area (Å²) in [6.45, 7) is 1.96. The molecule has 0 radical (unpaired) electrons. The maximum absolute atomic E-state index is 12.8. The molecule has 0 atom stereocenters. The maximum atomic E-state index is 12.8. The third-order valence-electron chi connectivity index (χ3n) is 3.98. The monoisotopic (exact) mass is 384 g/mol. The van der Waals surface area contributed by atoms with E-state index in [1.165, 1.54) is 21.3 Å². The Bertz CT molecular complexity index is 968. The molecule has 140 valence electrons. The van der Waals surface area contributed by atoms with Crippen LogP contribution in [0.25, 0.3) is 11.3 Å². The minimum atomic E-state index is -0.306. The predicted octanol–water partition coefficient (Wildman–Crippen LogP) is 4.40. The number of benzene rings is 2. The summed E-state index contributed by atoms with van der Waals surface area (Å²) in [5.74, 6) is 0.881. The Kier molecular flexibility index (Phi) is 5.61. The van der Waals surface area contributed by atoms with Crippen LogP contribution >= 0.6 is 11.3 Å². The molecule has 3 rings (SSSR count). The zero-order chi connectivity index (χ0) is 19.4. The molecule has 0 aliphatic carbocycles. The summed E-state index contributed by atoms with van der Waals surface area (Å²) in [7, 11) is 4.52. The quantitative estimate of drug-likeness (QED) is 0.682. The van der Waals surface area contributed by atoms with E-state index in [0.717, 1.165) is 16.3 Å². The SMILES string of the molecule is COc1ccc(C(=O)Nc2cccc(-c3csc(C)n3)c2)c(OC)c1OC. The van der Waals surface area contributed by atoms with E-state index in [-0.39, 0.29) is 5.91 Å². The fraction of sp³-hybridized carbons (Fsp3) is 0.200. The number of thiazole rings is 1. The van der Waals surface area contributed by atoms with E-state index in [9.17, 15) is 4.79 Å². The van der Waals surface area contributed by atoms with Crippen molar-refractivity contribution in [3.05, 3.63) is 52.3 Å². The van der Waals surface area contributed by atoms with E-state index < -0.39 is 0 Å². The standard InChI is InChI=1S/C20H20N2O4S/c1-12-21-16(11-27-12)13-6-5-7-14(10-13)22-20(23)15-8-9-17(24-2)19(26-4)18(15)25-3/h5-11H,1-4H3,(H,22,23). The number of rotatable bonds is 6. The lowest BCUT2D eigenvalue weighted by atomic mass is 10.1. The molecule has 0 aliphatic heterocycles. The van der Waals surface area contributed by atoms with Gasteiger partial charge in [-0.2, -0.15) is 0 Å². The van der Waals surface area contributed by atoms with Crippen LogP contribution in [-0.2, 0) is 0 Å². The molecule has 7 heteroatoms. The smallest absolute Gasteiger partial charge is 0.259 e. The zero-order valence-electron chi connectivity index (χ0n) is 15.5. The van der Waals surface area contributed by atoms with Crippen LogP contribution in [0.3, 0.4) is 0 Å². The van der Waals surface area contributed by atoms with Crippen molar-refractivity contribution in [3.63, 3.8) is 0 Å². The Hall–Kier alpha value is -3.06. The first-order valence-electron chi connectivity index (χ1n) is 8.20. The Balaban J connectivity index is 1.90. The van der Waals surface area contributed by atoms with Crippen molar-refractivity contribution in [2.75, 3.05) is 26.6 Å². The fourth-order valence-electron chi connectivity index (χ4n) is 2.73. The van der Waals surface area contributed by atoms with E-state index in [2.05, 4.69) is 10.3 Å². The summed E-state index contributed by atoms with van der Waals surface area (Å²) in [5.41, 5.74) is 2.85. The van der Waals surface area contributed by atoms with Gasteiger partial charge in [0.2, 0.25) is 5.75 Å². The molecule has 1 aromatic heterocycles. The van der Waals surface area contributed by atoms with Crippen LogP contribution in [0.2, 0.25) is 0 Å². The number of carbonyl (C=O) groups excluding carboxylic acids is 1. The van der Waals surface area contributed by atoms with E-state index in [0.29, 0.717) is 28.5 Å². The Morgan fingerprint density at radius 3 is 2.44 bits per heavy atom. The van der Waals surface area contributed by atoms with Gasteiger partial charge in [0.15, 0.2) is 11.5 Å². The minimum absolute atomic E-state index is 0.306. The molecule has 1 amide bonds. The lowest BCUT2D eigenvalue weighted by molar-refractivity contribution is 0.102. The second-order valence-corrected chi connectivity index (χ2v) is 6.73. The number of hydrogen-bond acceptors (Lipinski definition) is 6. The van der Waals surface area contributed by atoms with Crippen molar-refractivity contribution >= 4 is 22.9 Å². The largest absolute Gasteiger partial charge is 0.493 e. The number of anilines is 1. The third-order valence-corrected chi connectivity index (χ3v) is 4.76. The van der Waals surface area contributed by atoms with E-state index in [1.807, 2.05) is 36.6 Å². The highest BCUT2D eigenvalue weighted by Gasteiger charge is 2.20. The average molecular weight is 384 g/mol. The van der Waals surface area contributed by atoms with Crippen LogP contribution in [0.4, 0.5) is 5.69 Å². The molecule has 27 heavy (non-hydrogen) atoms. The molecule has 0 saturated heterocycles. The number of nitrogens with zero attached hydrogens (tertiary/aromatic N) is 1. The van der Waals surface area contributed by atoms with E-state index in [4.69, 9.17) is 14.2 Å². The highest BCUT2D eigenvalue weighted by molar-refractivity contribution is 7.09. The molecule has 0 fully saturated rings. The highest BCUT2D eigenvalue weighted by atomic mass is 32.1. The van der Waals surface area contributed by atoms with Crippen molar-refractivity contribution in [3.8, 4) is 28.5 Å². The van der Waals surface area contributed by atoms with Crippen molar-refractivity contribution in [2.45, 2.75) is 6.92 Å². The van der Waals surface area contributed by atoms with Gasteiger partial charge in [-0.25, -0.2) is 4.98 Å². The number of amides is 1. The van der Waals surface area contributed by atoms with Crippen LogP contribution < -0.4 is 19.5 Å². The zero-order valence-corrected chi connectivity index (χ0v) is 16.3. The molecule has 3 aromatic rings. The maximum Gasteiger partial charge on any atom is 0.259 e. The molecule has 1 N–H and O–H groups in total. The van der Waals surface area contributed by atoms with Gasteiger partial charge in [-0.1, -0.05) is 12.1 Å². The molecular formula is C20H20N2O4S. The van der Waals surface area contributed by atoms with Crippen LogP contribution in [0.15, 0.2) is 41.8 Å². The minimum Gasteiger partial charge on any atom is -0.493 e. The summed E-state index contributed by atoms with van der Waals surface area (Å²) in [4.78, 5) is 17.3.